The Labute approximate surface area is 129 Å². The van der Waals surface area contributed by atoms with Crippen molar-refractivity contribution in [1.29, 1.82) is 5.26 Å². The van der Waals surface area contributed by atoms with E-state index in [1.165, 1.54) is 6.20 Å². The van der Waals surface area contributed by atoms with Crippen LogP contribution in [-0.4, -0.2) is 5.91 Å². The van der Waals surface area contributed by atoms with Gasteiger partial charge in [0.2, 0.25) is 0 Å². The number of nitrogens with zero attached hydrogens (tertiary/aromatic N) is 1. The standard InChI is InChI=1S/C17H16N4O/c1-12-2-6-15(7-3-12)20-11-13(10-18)17(22)21-16-8-4-14(19)5-9-16/h2-9,11,20H,19H2,1H3,(H,21,22)/b13-11-. The Kier molecular flexibility index (Phi) is 4.78. The highest BCUT2D eigenvalue weighted by Crippen LogP contribution is 2.12. The first-order valence-electron chi connectivity index (χ1n) is 6.69. The number of benzene rings is 2. The molecule has 5 heteroatoms. The smallest absolute Gasteiger partial charge is 0.267 e. The predicted octanol–water partition coefficient (Wildman–Crippen LogP) is 3.04. The molecule has 0 heterocycles. The molecule has 5 nitrogen and oxygen atoms in total. The van der Waals surface area contributed by atoms with E-state index in [9.17, 15) is 4.79 Å². The zero-order valence-corrected chi connectivity index (χ0v) is 12.1. The monoisotopic (exact) mass is 292 g/mol. The summed E-state index contributed by atoms with van der Waals surface area (Å²) < 4.78 is 0. The van der Waals surface area contributed by atoms with E-state index in [-0.39, 0.29) is 5.57 Å². The highest BCUT2D eigenvalue weighted by molar-refractivity contribution is 6.06. The van der Waals surface area contributed by atoms with Crippen LogP contribution in [0.3, 0.4) is 0 Å². The van der Waals surface area contributed by atoms with Crippen LogP contribution in [0.5, 0.6) is 0 Å². The van der Waals surface area contributed by atoms with E-state index >= 15 is 0 Å². The van der Waals surface area contributed by atoms with Crippen LogP contribution in [0.4, 0.5) is 17.1 Å². The van der Waals surface area contributed by atoms with Gasteiger partial charge in [0.25, 0.3) is 5.91 Å². The van der Waals surface area contributed by atoms with Crippen LogP contribution < -0.4 is 16.4 Å². The first-order chi connectivity index (χ1) is 10.6. The Hall–Kier alpha value is -3.26. The van der Waals surface area contributed by atoms with Crippen molar-refractivity contribution in [2.75, 3.05) is 16.4 Å². The van der Waals surface area contributed by atoms with E-state index < -0.39 is 5.91 Å². The van der Waals surface area contributed by atoms with Crippen molar-refractivity contribution in [3.05, 3.63) is 65.9 Å². The average Bonchev–Trinajstić information content (AvgIpc) is 2.52. The lowest BCUT2D eigenvalue weighted by Crippen LogP contribution is -2.14. The van der Waals surface area contributed by atoms with E-state index in [0.29, 0.717) is 11.4 Å². The Morgan fingerprint density at radius 2 is 1.68 bits per heavy atom. The maximum absolute atomic E-state index is 12.0. The molecule has 2 rings (SSSR count). The number of amides is 1. The molecule has 0 unspecified atom stereocenters. The number of nitrogen functional groups attached to an aromatic ring is 1. The molecular formula is C17H16N4O. The van der Waals surface area contributed by atoms with Gasteiger partial charge in [-0.2, -0.15) is 5.26 Å². The van der Waals surface area contributed by atoms with Crippen molar-refractivity contribution >= 4 is 23.0 Å². The molecule has 2 aromatic rings. The van der Waals surface area contributed by atoms with Gasteiger partial charge in [-0.3, -0.25) is 4.79 Å². The zero-order valence-electron chi connectivity index (χ0n) is 12.1. The van der Waals surface area contributed by atoms with E-state index in [4.69, 9.17) is 11.0 Å². The number of nitrogens with one attached hydrogen (secondary N) is 2. The number of carbonyl (C=O) groups excluding carboxylic acids is 1. The third kappa shape index (κ3) is 4.12. The normalized spacial score (nSPS) is 10.6. The summed E-state index contributed by atoms with van der Waals surface area (Å²) in [6.45, 7) is 1.99. The van der Waals surface area contributed by atoms with Crippen molar-refractivity contribution in [2.24, 2.45) is 0 Å². The SMILES string of the molecule is Cc1ccc(N/C=C(/C#N)C(=O)Nc2ccc(N)cc2)cc1. The minimum absolute atomic E-state index is 0.0163. The molecule has 0 saturated heterocycles. The van der Waals surface area contributed by atoms with Crippen LogP contribution in [0.25, 0.3) is 0 Å². The molecule has 0 radical (unpaired) electrons. The zero-order chi connectivity index (χ0) is 15.9. The largest absolute Gasteiger partial charge is 0.399 e. The van der Waals surface area contributed by atoms with Gasteiger partial charge in [-0.15, -0.1) is 0 Å². The van der Waals surface area contributed by atoms with Crippen LogP contribution in [0.2, 0.25) is 0 Å². The molecule has 0 spiro atoms. The maximum atomic E-state index is 12.0. The number of nitrogens with two attached hydrogens (primary N) is 1. The van der Waals surface area contributed by atoms with Crippen molar-refractivity contribution in [2.45, 2.75) is 6.92 Å². The average molecular weight is 292 g/mol. The molecule has 0 aliphatic rings. The number of nitriles is 1. The quantitative estimate of drug-likeness (QED) is 0.459. The molecule has 0 aromatic heterocycles. The molecule has 0 aliphatic carbocycles. The van der Waals surface area contributed by atoms with Crippen LogP contribution >= 0.6 is 0 Å². The number of carbonyl (C=O) groups is 1. The third-order valence-corrected chi connectivity index (χ3v) is 2.97. The Morgan fingerprint density at radius 3 is 2.27 bits per heavy atom. The Morgan fingerprint density at radius 1 is 1.09 bits per heavy atom. The second kappa shape index (κ2) is 6.95. The first kappa shape index (κ1) is 15.1. The molecule has 22 heavy (non-hydrogen) atoms. The fourth-order valence-electron chi connectivity index (χ4n) is 1.72. The summed E-state index contributed by atoms with van der Waals surface area (Å²) in [5.41, 5.74) is 8.69. The molecule has 0 aliphatic heterocycles. The summed E-state index contributed by atoms with van der Waals surface area (Å²) >= 11 is 0. The van der Waals surface area contributed by atoms with Crippen molar-refractivity contribution in [3.8, 4) is 6.07 Å². The lowest BCUT2D eigenvalue weighted by molar-refractivity contribution is -0.112. The van der Waals surface area contributed by atoms with Crippen LogP contribution in [-0.2, 0) is 4.79 Å². The van der Waals surface area contributed by atoms with Crippen molar-refractivity contribution < 1.29 is 4.79 Å². The second-order valence-corrected chi connectivity index (χ2v) is 4.76. The number of anilines is 3. The van der Waals surface area contributed by atoms with E-state index in [1.54, 1.807) is 24.3 Å². The summed E-state index contributed by atoms with van der Waals surface area (Å²) in [6.07, 6.45) is 1.39. The van der Waals surface area contributed by atoms with Crippen LogP contribution in [0, 0.1) is 18.3 Å². The second-order valence-electron chi connectivity index (χ2n) is 4.76. The minimum atomic E-state index is -0.480. The van der Waals surface area contributed by atoms with Crippen LogP contribution in [0.1, 0.15) is 5.56 Å². The van der Waals surface area contributed by atoms with Gasteiger partial charge in [-0.05, 0) is 43.3 Å². The summed E-state index contributed by atoms with van der Waals surface area (Å²) in [5, 5.41) is 14.7. The molecule has 0 fully saturated rings. The van der Waals surface area contributed by atoms with Gasteiger partial charge >= 0.3 is 0 Å². The maximum Gasteiger partial charge on any atom is 0.267 e. The molecule has 110 valence electrons. The van der Waals surface area contributed by atoms with E-state index in [0.717, 1.165) is 11.3 Å². The van der Waals surface area contributed by atoms with Crippen LogP contribution in [0.15, 0.2) is 60.3 Å². The lowest BCUT2D eigenvalue weighted by Gasteiger charge is -2.05. The van der Waals surface area contributed by atoms with E-state index in [2.05, 4.69) is 10.6 Å². The predicted molar refractivity (Wildman–Crippen MR) is 88.0 cm³/mol. The lowest BCUT2D eigenvalue weighted by atomic mass is 10.2. The molecule has 4 N–H and O–H groups in total. The number of hydrogen-bond donors (Lipinski definition) is 3. The van der Waals surface area contributed by atoms with Crippen molar-refractivity contribution in [1.82, 2.24) is 0 Å². The van der Waals surface area contributed by atoms with Gasteiger partial charge in [0, 0.05) is 23.3 Å². The molecule has 1 amide bonds. The Balaban J connectivity index is 2.05. The molecule has 0 saturated carbocycles. The Bertz CT molecular complexity index is 725. The highest BCUT2D eigenvalue weighted by atomic mass is 16.1. The number of rotatable bonds is 4. The minimum Gasteiger partial charge on any atom is -0.399 e. The van der Waals surface area contributed by atoms with Crippen molar-refractivity contribution in [3.63, 3.8) is 0 Å². The summed E-state index contributed by atoms with van der Waals surface area (Å²) in [4.78, 5) is 12.0. The molecule has 0 bridgehead atoms. The van der Waals surface area contributed by atoms with E-state index in [1.807, 2.05) is 37.3 Å². The molecule has 2 aromatic carbocycles. The fourth-order valence-corrected chi connectivity index (χ4v) is 1.72. The number of aryl methyl sites for hydroxylation is 1. The molecule has 0 atom stereocenters. The van der Waals surface area contributed by atoms with Gasteiger partial charge in [-0.25, -0.2) is 0 Å². The first-order valence-corrected chi connectivity index (χ1v) is 6.69. The van der Waals surface area contributed by atoms with Gasteiger partial charge in [-0.1, -0.05) is 17.7 Å². The number of hydrogen-bond acceptors (Lipinski definition) is 4. The van der Waals surface area contributed by atoms with Gasteiger partial charge in [0.15, 0.2) is 0 Å². The summed E-state index contributed by atoms with van der Waals surface area (Å²) in [5.74, 6) is -0.480. The highest BCUT2D eigenvalue weighted by Gasteiger charge is 2.09. The third-order valence-electron chi connectivity index (χ3n) is 2.97. The van der Waals surface area contributed by atoms with Gasteiger partial charge in [0.1, 0.15) is 11.6 Å². The molecular weight excluding hydrogens is 276 g/mol. The topological polar surface area (TPSA) is 90.9 Å². The summed E-state index contributed by atoms with van der Waals surface area (Å²) in [7, 11) is 0. The van der Waals surface area contributed by atoms with Gasteiger partial charge in [0.05, 0.1) is 0 Å². The summed E-state index contributed by atoms with van der Waals surface area (Å²) in [6, 6.07) is 16.2. The fraction of sp³-hybridized carbons (Fsp3) is 0.0588. The van der Waals surface area contributed by atoms with Gasteiger partial charge < -0.3 is 16.4 Å².